The van der Waals surface area contributed by atoms with Crippen molar-refractivity contribution in [3.63, 3.8) is 0 Å². The molecule has 17 heavy (non-hydrogen) atoms. The van der Waals surface area contributed by atoms with E-state index in [1.165, 1.54) is 12.0 Å². The van der Waals surface area contributed by atoms with Crippen LogP contribution in [0.4, 0.5) is 0 Å². The maximum atomic E-state index is 5.98. The van der Waals surface area contributed by atoms with Crippen LogP contribution in [0.3, 0.4) is 0 Å². The van der Waals surface area contributed by atoms with E-state index in [9.17, 15) is 0 Å². The lowest BCUT2D eigenvalue weighted by atomic mass is 9.94. The summed E-state index contributed by atoms with van der Waals surface area (Å²) in [5.74, 6) is 1.13. The van der Waals surface area contributed by atoms with E-state index in [4.69, 9.17) is 5.73 Å². The second-order valence-electron chi connectivity index (χ2n) is 5.09. The molecule has 0 aliphatic carbocycles. The van der Waals surface area contributed by atoms with E-state index in [0.717, 1.165) is 12.3 Å². The van der Waals surface area contributed by atoms with Gasteiger partial charge in [-0.25, -0.2) is 0 Å². The zero-order valence-electron chi connectivity index (χ0n) is 10.6. The minimum absolute atomic E-state index is 0.124. The molecule has 94 valence electrons. The molecule has 1 heterocycles. The largest absolute Gasteiger partial charge is 0.329 e. The maximum Gasteiger partial charge on any atom is 0.0410 e. The van der Waals surface area contributed by atoms with Crippen molar-refractivity contribution in [1.82, 2.24) is 5.32 Å². The molecule has 0 bridgehead atoms. The highest BCUT2D eigenvalue weighted by atomic mass is 32.2. The maximum absolute atomic E-state index is 5.98. The summed E-state index contributed by atoms with van der Waals surface area (Å²) in [5, 5.41) is 4.46. The van der Waals surface area contributed by atoms with Gasteiger partial charge < -0.3 is 11.1 Å². The highest BCUT2D eigenvalue weighted by Gasteiger charge is 2.37. The van der Waals surface area contributed by atoms with Crippen molar-refractivity contribution in [1.29, 1.82) is 0 Å². The average molecular weight is 250 g/mol. The summed E-state index contributed by atoms with van der Waals surface area (Å²) >= 11 is 2.02. The van der Waals surface area contributed by atoms with Crippen molar-refractivity contribution < 1.29 is 0 Å². The number of nitrogens with two attached hydrogens (primary N) is 1. The second-order valence-corrected chi connectivity index (χ2v) is 6.51. The number of hydrogen-bond donors (Lipinski definition) is 2. The van der Waals surface area contributed by atoms with E-state index < -0.39 is 0 Å². The first-order valence-electron chi connectivity index (χ1n) is 6.29. The van der Waals surface area contributed by atoms with E-state index in [0.29, 0.717) is 11.3 Å². The topological polar surface area (TPSA) is 38.0 Å². The van der Waals surface area contributed by atoms with Gasteiger partial charge in [0.1, 0.15) is 0 Å². The summed E-state index contributed by atoms with van der Waals surface area (Å²) < 4.78 is 0. The SMILES string of the molecule is CC1CC(CN)(NC(C)c2ccccc2)CS1. The molecule has 0 saturated carbocycles. The Labute approximate surface area is 108 Å². The molecule has 3 N–H and O–H groups in total. The van der Waals surface area contributed by atoms with Crippen LogP contribution < -0.4 is 11.1 Å². The lowest BCUT2D eigenvalue weighted by Gasteiger charge is -2.32. The lowest BCUT2D eigenvalue weighted by Crippen LogP contribution is -2.52. The van der Waals surface area contributed by atoms with E-state index in [1.807, 2.05) is 11.8 Å². The molecule has 0 aromatic heterocycles. The van der Waals surface area contributed by atoms with Crippen LogP contribution >= 0.6 is 11.8 Å². The van der Waals surface area contributed by atoms with Crippen molar-refractivity contribution in [2.45, 2.75) is 37.1 Å². The number of hydrogen-bond acceptors (Lipinski definition) is 3. The van der Waals surface area contributed by atoms with Crippen molar-refractivity contribution in [2.24, 2.45) is 5.73 Å². The molecule has 1 aromatic rings. The van der Waals surface area contributed by atoms with Crippen LogP contribution in [0.15, 0.2) is 30.3 Å². The Morgan fingerprint density at radius 3 is 2.71 bits per heavy atom. The smallest absolute Gasteiger partial charge is 0.0410 e. The van der Waals surface area contributed by atoms with E-state index >= 15 is 0 Å². The fraction of sp³-hybridized carbons (Fsp3) is 0.571. The highest BCUT2D eigenvalue weighted by Crippen LogP contribution is 2.35. The highest BCUT2D eigenvalue weighted by molar-refractivity contribution is 8.00. The van der Waals surface area contributed by atoms with Gasteiger partial charge >= 0.3 is 0 Å². The number of thioether (sulfide) groups is 1. The van der Waals surface area contributed by atoms with E-state index in [-0.39, 0.29) is 5.54 Å². The summed E-state index contributed by atoms with van der Waals surface area (Å²) in [5.41, 5.74) is 7.44. The van der Waals surface area contributed by atoms with Crippen molar-refractivity contribution in [2.75, 3.05) is 12.3 Å². The van der Waals surface area contributed by atoms with Gasteiger partial charge in [0.25, 0.3) is 0 Å². The fourth-order valence-electron chi connectivity index (χ4n) is 2.56. The van der Waals surface area contributed by atoms with Gasteiger partial charge in [-0.3, -0.25) is 0 Å². The van der Waals surface area contributed by atoms with Gasteiger partial charge in [0.2, 0.25) is 0 Å². The molecule has 3 unspecified atom stereocenters. The van der Waals surface area contributed by atoms with Crippen molar-refractivity contribution in [3.05, 3.63) is 35.9 Å². The van der Waals surface area contributed by atoms with Gasteiger partial charge in [-0.2, -0.15) is 11.8 Å². The standard InChI is InChI=1S/C14H22N2S/c1-11-8-14(9-15,10-17-11)16-12(2)13-6-4-3-5-7-13/h3-7,11-12,16H,8-10,15H2,1-2H3. The Balaban J connectivity index is 2.05. The molecule has 1 fully saturated rings. The van der Waals surface area contributed by atoms with Crippen LogP contribution in [0, 0.1) is 0 Å². The van der Waals surface area contributed by atoms with Crippen molar-refractivity contribution >= 4 is 11.8 Å². The van der Waals surface area contributed by atoms with Crippen LogP contribution in [0.25, 0.3) is 0 Å². The summed E-state index contributed by atoms with van der Waals surface area (Å²) in [6.07, 6.45) is 1.17. The molecule has 1 aromatic carbocycles. The zero-order valence-corrected chi connectivity index (χ0v) is 11.5. The molecule has 3 atom stereocenters. The van der Waals surface area contributed by atoms with Crippen molar-refractivity contribution in [3.8, 4) is 0 Å². The van der Waals surface area contributed by atoms with Crippen LogP contribution in [-0.4, -0.2) is 23.1 Å². The Hall–Kier alpha value is -0.510. The molecule has 1 aliphatic rings. The second kappa shape index (κ2) is 5.42. The Kier molecular flexibility index (Phi) is 4.13. The third kappa shape index (κ3) is 3.03. The van der Waals surface area contributed by atoms with E-state index in [1.54, 1.807) is 0 Å². The summed E-state index contributed by atoms with van der Waals surface area (Å²) in [4.78, 5) is 0. The monoisotopic (exact) mass is 250 g/mol. The molecule has 1 saturated heterocycles. The third-order valence-electron chi connectivity index (χ3n) is 3.54. The summed E-state index contributed by atoms with van der Waals surface area (Å²) in [6, 6.07) is 11.0. The van der Waals surface area contributed by atoms with Gasteiger partial charge in [-0.15, -0.1) is 0 Å². The predicted molar refractivity (Wildman–Crippen MR) is 76.3 cm³/mol. The molecule has 0 spiro atoms. The lowest BCUT2D eigenvalue weighted by molar-refractivity contribution is 0.326. The average Bonchev–Trinajstić information content (AvgIpc) is 2.72. The van der Waals surface area contributed by atoms with Gasteiger partial charge in [-0.05, 0) is 18.9 Å². The molecule has 0 radical (unpaired) electrons. The van der Waals surface area contributed by atoms with Crippen LogP contribution in [-0.2, 0) is 0 Å². The Morgan fingerprint density at radius 2 is 2.18 bits per heavy atom. The molecule has 3 heteroatoms. The van der Waals surface area contributed by atoms with Gasteiger partial charge in [0.05, 0.1) is 0 Å². The first kappa shape index (κ1) is 12.9. The minimum atomic E-state index is 0.124. The number of nitrogens with one attached hydrogen (secondary N) is 1. The third-order valence-corrected chi connectivity index (χ3v) is 4.99. The number of rotatable bonds is 4. The number of benzene rings is 1. The molecule has 2 rings (SSSR count). The van der Waals surface area contributed by atoms with Gasteiger partial charge in [0, 0.05) is 29.1 Å². The van der Waals surface area contributed by atoms with Gasteiger partial charge in [-0.1, -0.05) is 37.3 Å². The molecule has 2 nitrogen and oxygen atoms in total. The Morgan fingerprint density at radius 1 is 1.47 bits per heavy atom. The van der Waals surface area contributed by atoms with Crippen LogP contribution in [0.2, 0.25) is 0 Å². The first-order valence-corrected chi connectivity index (χ1v) is 7.34. The predicted octanol–water partition coefficient (Wildman–Crippen LogP) is 2.56. The summed E-state index contributed by atoms with van der Waals surface area (Å²) in [6.45, 7) is 5.23. The first-order chi connectivity index (χ1) is 8.15. The minimum Gasteiger partial charge on any atom is -0.329 e. The van der Waals surface area contributed by atoms with Crippen LogP contribution in [0.5, 0.6) is 0 Å². The quantitative estimate of drug-likeness (QED) is 0.862. The fourth-order valence-corrected chi connectivity index (χ4v) is 3.92. The molecular weight excluding hydrogens is 228 g/mol. The zero-order chi connectivity index (χ0) is 12.3. The van der Waals surface area contributed by atoms with E-state index in [2.05, 4.69) is 49.5 Å². The Bertz CT molecular complexity index is 354. The molecular formula is C14H22N2S. The van der Waals surface area contributed by atoms with Crippen LogP contribution in [0.1, 0.15) is 31.9 Å². The molecule has 1 aliphatic heterocycles. The normalized spacial score (nSPS) is 30.4. The van der Waals surface area contributed by atoms with Gasteiger partial charge in [0.15, 0.2) is 0 Å². The summed E-state index contributed by atoms with van der Waals surface area (Å²) in [7, 11) is 0. The molecule has 0 amide bonds.